The lowest BCUT2D eigenvalue weighted by Crippen LogP contribution is -2.61. The average Bonchev–Trinajstić information content (AvgIpc) is 2.21. The van der Waals surface area contributed by atoms with Gasteiger partial charge in [0.2, 0.25) is 0 Å². The van der Waals surface area contributed by atoms with Crippen LogP contribution in [0, 0.1) is 11.3 Å². The standard InChI is InChI=1S/C15H30N2O2Si/c1-13(2)10-9-11-14(3,4)17(13)18-15(5,12-16)19-20(6,7)8/h9-11H2,1-8H3. The van der Waals surface area contributed by atoms with Crippen LogP contribution in [0.1, 0.15) is 53.9 Å². The fraction of sp³-hybridized carbons (Fsp3) is 0.933. The largest absolute Gasteiger partial charge is 0.379 e. The van der Waals surface area contributed by atoms with E-state index < -0.39 is 14.1 Å². The molecule has 0 amide bonds. The van der Waals surface area contributed by atoms with Gasteiger partial charge in [0.05, 0.1) is 0 Å². The molecule has 0 radical (unpaired) electrons. The summed E-state index contributed by atoms with van der Waals surface area (Å²) in [4.78, 5) is 6.12. The minimum atomic E-state index is -1.86. The van der Waals surface area contributed by atoms with Crippen molar-refractivity contribution in [3.63, 3.8) is 0 Å². The van der Waals surface area contributed by atoms with Crippen LogP contribution in [0.15, 0.2) is 0 Å². The van der Waals surface area contributed by atoms with Crippen molar-refractivity contribution in [2.45, 2.75) is 90.4 Å². The smallest absolute Gasteiger partial charge is 0.264 e. The molecule has 1 heterocycles. The molecule has 1 atom stereocenters. The summed E-state index contributed by atoms with van der Waals surface area (Å²) in [7, 11) is -1.86. The highest BCUT2D eigenvalue weighted by atomic mass is 28.4. The predicted molar refractivity (Wildman–Crippen MR) is 83.4 cm³/mol. The molecule has 1 aliphatic heterocycles. The highest BCUT2D eigenvalue weighted by Crippen LogP contribution is 2.40. The Bertz CT molecular complexity index is 380. The molecule has 1 unspecified atom stereocenters. The molecular weight excluding hydrogens is 268 g/mol. The molecule has 4 nitrogen and oxygen atoms in total. The second-order valence-electron chi connectivity index (χ2n) is 8.14. The number of hydroxylamine groups is 2. The summed E-state index contributed by atoms with van der Waals surface area (Å²) in [6.45, 7) is 16.6. The topological polar surface area (TPSA) is 45.5 Å². The van der Waals surface area contributed by atoms with Gasteiger partial charge < -0.3 is 4.43 Å². The van der Waals surface area contributed by atoms with Crippen molar-refractivity contribution in [3.05, 3.63) is 0 Å². The van der Waals surface area contributed by atoms with Crippen molar-refractivity contribution >= 4 is 8.32 Å². The van der Waals surface area contributed by atoms with Crippen molar-refractivity contribution in [1.29, 1.82) is 5.26 Å². The van der Waals surface area contributed by atoms with Crippen LogP contribution in [0.25, 0.3) is 0 Å². The lowest BCUT2D eigenvalue weighted by atomic mass is 9.82. The van der Waals surface area contributed by atoms with Crippen LogP contribution in [0.3, 0.4) is 0 Å². The van der Waals surface area contributed by atoms with E-state index in [1.54, 1.807) is 6.92 Å². The van der Waals surface area contributed by atoms with Crippen LogP contribution in [0.5, 0.6) is 0 Å². The normalized spacial score (nSPS) is 25.8. The van der Waals surface area contributed by atoms with E-state index in [2.05, 4.69) is 53.4 Å². The Kier molecular flexibility index (Phi) is 4.77. The van der Waals surface area contributed by atoms with Gasteiger partial charge in [-0.05, 0) is 66.6 Å². The number of hydrogen-bond donors (Lipinski definition) is 0. The van der Waals surface area contributed by atoms with Gasteiger partial charge in [-0.3, -0.25) is 0 Å². The molecule has 5 heteroatoms. The van der Waals surface area contributed by atoms with E-state index in [-0.39, 0.29) is 11.1 Å². The van der Waals surface area contributed by atoms with E-state index in [0.29, 0.717) is 0 Å². The van der Waals surface area contributed by atoms with Crippen LogP contribution >= 0.6 is 0 Å². The molecule has 0 aromatic carbocycles. The molecule has 0 saturated carbocycles. The number of rotatable bonds is 4. The van der Waals surface area contributed by atoms with Gasteiger partial charge in [0, 0.05) is 18.0 Å². The summed E-state index contributed by atoms with van der Waals surface area (Å²) in [5, 5.41) is 11.5. The van der Waals surface area contributed by atoms with E-state index in [0.717, 1.165) is 12.8 Å². The molecular formula is C15H30N2O2Si. The number of hydrogen-bond acceptors (Lipinski definition) is 4. The van der Waals surface area contributed by atoms with Crippen molar-refractivity contribution in [2.75, 3.05) is 0 Å². The first-order valence-corrected chi connectivity index (χ1v) is 10.8. The summed E-state index contributed by atoms with van der Waals surface area (Å²) in [6, 6.07) is 2.21. The zero-order valence-corrected chi connectivity index (χ0v) is 15.3. The Labute approximate surface area is 125 Å². The molecule has 1 aliphatic rings. The fourth-order valence-corrected chi connectivity index (χ4v) is 4.29. The average molecular weight is 299 g/mol. The van der Waals surface area contributed by atoms with Gasteiger partial charge in [0.25, 0.3) is 5.79 Å². The molecule has 20 heavy (non-hydrogen) atoms. The summed E-state index contributed by atoms with van der Waals surface area (Å²) in [6.07, 6.45) is 3.30. The zero-order chi connectivity index (χ0) is 15.8. The minimum Gasteiger partial charge on any atom is -0.379 e. The van der Waals surface area contributed by atoms with E-state index in [9.17, 15) is 5.26 Å². The molecule has 0 spiro atoms. The van der Waals surface area contributed by atoms with E-state index >= 15 is 0 Å². The molecule has 0 aliphatic carbocycles. The first-order valence-electron chi connectivity index (χ1n) is 7.42. The van der Waals surface area contributed by atoms with Crippen LogP contribution in [0.4, 0.5) is 0 Å². The van der Waals surface area contributed by atoms with Crippen molar-refractivity contribution < 1.29 is 9.26 Å². The maximum absolute atomic E-state index is 9.52. The van der Waals surface area contributed by atoms with Gasteiger partial charge in [-0.25, -0.2) is 4.84 Å². The third kappa shape index (κ3) is 4.29. The van der Waals surface area contributed by atoms with Crippen molar-refractivity contribution in [2.24, 2.45) is 0 Å². The maximum Gasteiger partial charge on any atom is 0.264 e. The Morgan fingerprint density at radius 3 is 1.90 bits per heavy atom. The van der Waals surface area contributed by atoms with Gasteiger partial charge in [0.15, 0.2) is 8.32 Å². The van der Waals surface area contributed by atoms with Gasteiger partial charge in [-0.1, -0.05) is 0 Å². The first-order chi connectivity index (χ1) is 8.81. The molecule has 0 bridgehead atoms. The van der Waals surface area contributed by atoms with Crippen molar-refractivity contribution in [3.8, 4) is 6.07 Å². The molecule has 116 valence electrons. The summed E-state index contributed by atoms with van der Waals surface area (Å²) in [5.41, 5.74) is -0.189. The lowest BCUT2D eigenvalue weighted by Gasteiger charge is -2.53. The summed E-state index contributed by atoms with van der Waals surface area (Å²) in [5.74, 6) is -1.21. The monoisotopic (exact) mass is 298 g/mol. The van der Waals surface area contributed by atoms with Crippen LogP contribution in [0.2, 0.25) is 19.6 Å². The maximum atomic E-state index is 9.52. The van der Waals surface area contributed by atoms with E-state index in [4.69, 9.17) is 9.26 Å². The fourth-order valence-electron chi connectivity index (χ4n) is 3.04. The Morgan fingerprint density at radius 2 is 1.55 bits per heavy atom. The van der Waals surface area contributed by atoms with Crippen LogP contribution < -0.4 is 0 Å². The van der Waals surface area contributed by atoms with Crippen molar-refractivity contribution in [1.82, 2.24) is 5.06 Å². The highest BCUT2D eigenvalue weighted by molar-refractivity contribution is 6.69. The number of piperidine rings is 1. The van der Waals surface area contributed by atoms with Gasteiger partial charge >= 0.3 is 0 Å². The second kappa shape index (κ2) is 5.41. The van der Waals surface area contributed by atoms with E-state index in [1.165, 1.54) is 6.42 Å². The zero-order valence-electron chi connectivity index (χ0n) is 14.3. The Balaban J connectivity index is 3.00. The molecule has 1 saturated heterocycles. The third-order valence-electron chi connectivity index (χ3n) is 3.65. The Hall–Kier alpha value is -0.413. The quantitative estimate of drug-likeness (QED) is 0.580. The molecule has 1 fully saturated rings. The lowest BCUT2D eigenvalue weighted by molar-refractivity contribution is -0.360. The number of nitrogens with zero attached hydrogens (tertiary/aromatic N) is 2. The van der Waals surface area contributed by atoms with Gasteiger partial charge in [-0.15, -0.1) is 0 Å². The van der Waals surface area contributed by atoms with Crippen LogP contribution in [-0.2, 0) is 9.26 Å². The number of nitriles is 1. The predicted octanol–water partition coefficient (Wildman–Crippen LogP) is 4.05. The van der Waals surface area contributed by atoms with Gasteiger partial charge in [-0.2, -0.15) is 10.3 Å². The van der Waals surface area contributed by atoms with Crippen LogP contribution in [-0.4, -0.2) is 30.2 Å². The molecule has 0 aromatic rings. The first kappa shape index (κ1) is 17.6. The SMILES string of the molecule is CC(C#N)(ON1C(C)(C)CCCC1(C)C)O[Si](C)(C)C. The summed E-state index contributed by atoms with van der Waals surface area (Å²) < 4.78 is 5.98. The van der Waals surface area contributed by atoms with Gasteiger partial charge in [0.1, 0.15) is 6.07 Å². The second-order valence-corrected chi connectivity index (χ2v) is 12.6. The Morgan fingerprint density at radius 1 is 1.10 bits per heavy atom. The summed E-state index contributed by atoms with van der Waals surface area (Å²) >= 11 is 0. The third-order valence-corrected chi connectivity index (χ3v) is 4.65. The molecule has 0 aromatic heterocycles. The molecule has 0 N–H and O–H groups in total. The van der Waals surface area contributed by atoms with E-state index in [1.807, 2.05) is 5.06 Å². The molecule has 1 rings (SSSR count). The minimum absolute atomic E-state index is 0.0946. The highest BCUT2D eigenvalue weighted by Gasteiger charge is 2.47.